The van der Waals surface area contributed by atoms with Gasteiger partial charge >= 0.3 is 0 Å². The Morgan fingerprint density at radius 1 is 0.783 bits per heavy atom. The van der Waals surface area contributed by atoms with Gasteiger partial charge in [-0.3, -0.25) is 10.0 Å². The van der Waals surface area contributed by atoms with E-state index in [1.165, 1.54) is 0 Å². The Bertz CT molecular complexity index is 417. The third-order valence-electron chi connectivity index (χ3n) is 3.06. The van der Waals surface area contributed by atoms with Crippen LogP contribution in [0.3, 0.4) is 0 Å². The lowest BCUT2D eigenvalue weighted by molar-refractivity contribution is -0.129. The largest absolute Gasteiger partial charge is 0.289 e. The van der Waals surface area contributed by atoms with E-state index in [2.05, 4.69) is 67.7 Å². The molecule has 0 aromatic rings. The molecule has 3 nitrogen and oxygen atoms in total. The van der Waals surface area contributed by atoms with Crippen molar-refractivity contribution in [3.63, 3.8) is 0 Å². The zero-order chi connectivity index (χ0) is 17.0. The fraction of sp³-hybridized carbons (Fsp3) is 0.450. The van der Waals surface area contributed by atoms with E-state index in [1.807, 2.05) is 0 Å². The highest BCUT2D eigenvalue weighted by atomic mass is 16.5. The molecule has 0 saturated carbocycles. The highest BCUT2D eigenvalue weighted by Gasteiger charge is 1.95. The first-order valence-electron chi connectivity index (χ1n) is 8.49. The van der Waals surface area contributed by atoms with Crippen LogP contribution in [0.1, 0.15) is 58.3 Å². The zero-order valence-electron chi connectivity index (χ0n) is 14.3. The lowest BCUT2D eigenvalue weighted by Gasteiger charge is -1.94. The number of carbonyl (C=O) groups is 1. The van der Waals surface area contributed by atoms with Crippen LogP contribution in [-0.4, -0.2) is 11.1 Å². The van der Waals surface area contributed by atoms with E-state index < -0.39 is 0 Å². The van der Waals surface area contributed by atoms with E-state index in [-0.39, 0.29) is 5.91 Å². The number of carbonyl (C=O) groups excluding carboxylic acids is 1. The van der Waals surface area contributed by atoms with E-state index >= 15 is 0 Å². The monoisotopic (exact) mass is 317 g/mol. The number of nitrogens with one attached hydrogen (secondary N) is 1. The van der Waals surface area contributed by atoms with E-state index in [9.17, 15) is 4.79 Å². The van der Waals surface area contributed by atoms with E-state index in [0.29, 0.717) is 6.42 Å². The molecule has 0 radical (unpaired) electrons. The fourth-order valence-corrected chi connectivity index (χ4v) is 1.80. The predicted molar refractivity (Wildman–Crippen MR) is 98.2 cm³/mol. The molecular weight excluding hydrogens is 286 g/mol. The Labute approximate surface area is 141 Å². The predicted octanol–water partition coefficient (Wildman–Crippen LogP) is 5.41. The van der Waals surface area contributed by atoms with Crippen LogP contribution in [0.5, 0.6) is 0 Å². The van der Waals surface area contributed by atoms with Gasteiger partial charge in [0, 0.05) is 6.42 Å². The molecule has 0 unspecified atom stereocenters. The second-order valence-corrected chi connectivity index (χ2v) is 5.14. The normalized spacial score (nSPS) is 12.6. The van der Waals surface area contributed by atoms with Gasteiger partial charge in [0.2, 0.25) is 5.91 Å². The summed E-state index contributed by atoms with van der Waals surface area (Å²) in [7, 11) is 0. The molecular formula is C20H31NO2. The SMILES string of the molecule is CC/C=C\C/C=C\C/C=C\C/C=C\C/C=C\CCCC(=O)NO. The number of hydrogen-bond donors (Lipinski definition) is 2. The summed E-state index contributed by atoms with van der Waals surface area (Å²) < 4.78 is 0. The van der Waals surface area contributed by atoms with Crippen LogP contribution in [0.2, 0.25) is 0 Å². The van der Waals surface area contributed by atoms with Gasteiger partial charge in [-0.05, 0) is 44.9 Å². The lowest BCUT2D eigenvalue weighted by Crippen LogP contribution is -2.17. The Morgan fingerprint density at radius 3 is 1.65 bits per heavy atom. The summed E-state index contributed by atoms with van der Waals surface area (Å²) in [5.74, 6) is -0.322. The van der Waals surface area contributed by atoms with Crippen LogP contribution >= 0.6 is 0 Å². The van der Waals surface area contributed by atoms with Crippen molar-refractivity contribution < 1.29 is 10.0 Å². The number of allylic oxidation sites excluding steroid dienone is 10. The molecule has 0 saturated heterocycles. The van der Waals surface area contributed by atoms with E-state index in [1.54, 1.807) is 5.48 Å². The second kappa shape index (κ2) is 18.2. The molecule has 0 aromatic heterocycles. The first-order valence-corrected chi connectivity index (χ1v) is 8.49. The maximum absolute atomic E-state index is 10.8. The third kappa shape index (κ3) is 18.1. The molecule has 0 aliphatic heterocycles. The summed E-state index contributed by atoms with van der Waals surface area (Å²) in [4.78, 5) is 10.8. The van der Waals surface area contributed by atoms with Crippen LogP contribution in [0.4, 0.5) is 0 Å². The Hall–Kier alpha value is -1.87. The molecule has 2 N–H and O–H groups in total. The average molecular weight is 317 g/mol. The molecule has 0 atom stereocenters. The number of rotatable bonds is 13. The summed E-state index contributed by atoms with van der Waals surface area (Å²) in [6, 6.07) is 0. The maximum Gasteiger partial charge on any atom is 0.243 e. The van der Waals surface area contributed by atoms with Gasteiger partial charge in [0.1, 0.15) is 0 Å². The second-order valence-electron chi connectivity index (χ2n) is 5.14. The first kappa shape index (κ1) is 21.1. The lowest BCUT2D eigenvalue weighted by atomic mass is 10.2. The molecule has 0 fully saturated rings. The average Bonchev–Trinajstić information content (AvgIpc) is 2.57. The molecule has 0 rings (SSSR count). The van der Waals surface area contributed by atoms with Gasteiger partial charge in [-0.25, -0.2) is 5.48 Å². The van der Waals surface area contributed by atoms with Gasteiger partial charge in [0.25, 0.3) is 0 Å². The van der Waals surface area contributed by atoms with Gasteiger partial charge in [-0.15, -0.1) is 0 Å². The van der Waals surface area contributed by atoms with Crippen LogP contribution in [0.25, 0.3) is 0 Å². The molecule has 128 valence electrons. The van der Waals surface area contributed by atoms with Crippen LogP contribution < -0.4 is 5.48 Å². The fourth-order valence-electron chi connectivity index (χ4n) is 1.80. The van der Waals surface area contributed by atoms with Crippen molar-refractivity contribution >= 4 is 5.91 Å². The Morgan fingerprint density at radius 2 is 1.22 bits per heavy atom. The van der Waals surface area contributed by atoms with Gasteiger partial charge in [-0.2, -0.15) is 0 Å². The molecule has 0 aromatic carbocycles. The maximum atomic E-state index is 10.8. The van der Waals surface area contributed by atoms with Gasteiger partial charge < -0.3 is 0 Å². The number of amides is 1. The molecule has 0 aliphatic carbocycles. The zero-order valence-corrected chi connectivity index (χ0v) is 14.3. The van der Waals surface area contributed by atoms with Gasteiger partial charge in [0.15, 0.2) is 0 Å². The van der Waals surface area contributed by atoms with Crippen molar-refractivity contribution in [2.75, 3.05) is 0 Å². The summed E-state index contributed by atoms with van der Waals surface area (Å²) in [6.07, 6.45) is 28.6. The molecule has 0 aliphatic rings. The number of unbranched alkanes of at least 4 members (excludes halogenated alkanes) is 1. The summed E-state index contributed by atoms with van der Waals surface area (Å²) in [5, 5.41) is 8.33. The molecule has 0 bridgehead atoms. The smallest absolute Gasteiger partial charge is 0.243 e. The molecule has 23 heavy (non-hydrogen) atoms. The van der Waals surface area contributed by atoms with Crippen LogP contribution in [-0.2, 0) is 4.79 Å². The quantitative estimate of drug-likeness (QED) is 0.206. The van der Waals surface area contributed by atoms with Gasteiger partial charge in [0.05, 0.1) is 0 Å². The van der Waals surface area contributed by atoms with Crippen LogP contribution in [0.15, 0.2) is 60.8 Å². The van der Waals surface area contributed by atoms with E-state index in [4.69, 9.17) is 5.21 Å². The summed E-state index contributed by atoms with van der Waals surface area (Å²) in [5.41, 5.74) is 1.63. The van der Waals surface area contributed by atoms with E-state index in [0.717, 1.165) is 44.9 Å². The minimum Gasteiger partial charge on any atom is -0.289 e. The van der Waals surface area contributed by atoms with Crippen molar-refractivity contribution in [2.24, 2.45) is 0 Å². The minimum atomic E-state index is -0.322. The summed E-state index contributed by atoms with van der Waals surface area (Å²) in [6.45, 7) is 2.14. The number of hydrogen-bond acceptors (Lipinski definition) is 2. The Kier molecular flexibility index (Phi) is 16.7. The van der Waals surface area contributed by atoms with Crippen LogP contribution in [0, 0.1) is 0 Å². The molecule has 0 heterocycles. The van der Waals surface area contributed by atoms with Crippen molar-refractivity contribution in [1.82, 2.24) is 5.48 Å². The highest BCUT2D eigenvalue weighted by Crippen LogP contribution is 1.99. The molecule has 1 amide bonds. The van der Waals surface area contributed by atoms with Crippen molar-refractivity contribution in [1.29, 1.82) is 0 Å². The highest BCUT2D eigenvalue weighted by molar-refractivity contribution is 5.74. The Balaban J connectivity index is 3.47. The number of hydroxylamine groups is 1. The van der Waals surface area contributed by atoms with Crippen molar-refractivity contribution in [3.05, 3.63) is 60.8 Å². The van der Waals surface area contributed by atoms with Crippen molar-refractivity contribution in [2.45, 2.75) is 58.3 Å². The third-order valence-corrected chi connectivity index (χ3v) is 3.06. The van der Waals surface area contributed by atoms with Crippen molar-refractivity contribution in [3.8, 4) is 0 Å². The topological polar surface area (TPSA) is 49.3 Å². The minimum absolute atomic E-state index is 0.322. The standard InChI is InChI=1S/C20H31NO2/c1-2-3-4-5-6-7-8-9-10-11-12-13-14-15-16-17-18-19-20(22)21-23/h3-4,6-7,9-10,12-13,15-16,23H,2,5,8,11,14,17-19H2,1H3,(H,21,22)/b4-3-,7-6-,10-9-,13-12-,16-15-. The molecule has 3 heteroatoms. The first-order chi connectivity index (χ1) is 11.3. The summed E-state index contributed by atoms with van der Waals surface area (Å²) >= 11 is 0. The van der Waals surface area contributed by atoms with Gasteiger partial charge in [-0.1, -0.05) is 67.7 Å². The molecule has 0 spiro atoms.